The van der Waals surface area contributed by atoms with Crippen LogP contribution in [0.25, 0.3) is 10.6 Å². The molecule has 0 bridgehead atoms. The number of thiazole rings is 1. The Labute approximate surface area is 158 Å². The second kappa shape index (κ2) is 7.53. The van der Waals surface area contributed by atoms with Crippen molar-refractivity contribution in [3.8, 4) is 10.6 Å². The molecule has 0 saturated carbocycles. The fraction of sp³-hybridized carbons (Fsp3) is 0.0588. The SMILES string of the molecule is O=C(Cc1csc(-c2c(Cl)cccc2Cl)n1)Nc1ccc(Cl)cc1. The number of anilines is 1. The summed E-state index contributed by atoms with van der Waals surface area (Å²) in [4.78, 5) is 16.6. The number of carbonyl (C=O) groups excluding carboxylic acids is 1. The van der Waals surface area contributed by atoms with Crippen LogP contribution >= 0.6 is 46.1 Å². The third kappa shape index (κ3) is 4.08. The van der Waals surface area contributed by atoms with Gasteiger partial charge in [-0.2, -0.15) is 0 Å². The fourth-order valence-corrected chi connectivity index (χ4v) is 3.81. The Bertz CT molecular complexity index is 858. The molecular weight excluding hydrogens is 387 g/mol. The number of carbonyl (C=O) groups is 1. The summed E-state index contributed by atoms with van der Waals surface area (Å²) >= 11 is 19.6. The zero-order chi connectivity index (χ0) is 17.1. The van der Waals surface area contributed by atoms with Crippen LogP contribution in [0.15, 0.2) is 47.8 Å². The van der Waals surface area contributed by atoms with Crippen molar-refractivity contribution in [2.45, 2.75) is 6.42 Å². The molecule has 2 aromatic carbocycles. The minimum absolute atomic E-state index is 0.153. The zero-order valence-corrected chi connectivity index (χ0v) is 15.3. The molecule has 1 amide bonds. The molecule has 122 valence electrons. The highest BCUT2D eigenvalue weighted by molar-refractivity contribution is 7.13. The number of aromatic nitrogens is 1. The molecule has 1 aromatic heterocycles. The van der Waals surface area contributed by atoms with Crippen molar-refractivity contribution in [2.24, 2.45) is 0 Å². The van der Waals surface area contributed by atoms with Crippen LogP contribution in [-0.4, -0.2) is 10.9 Å². The lowest BCUT2D eigenvalue weighted by molar-refractivity contribution is -0.115. The van der Waals surface area contributed by atoms with E-state index < -0.39 is 0 Å². The molecule has 0 atom stereocenters. The maximum absolute atomic E-state index is 12.1. The molecule has 7 heteroatoms. The number of hydrogen-bond acceptors (Lipinski definition) is 3. The van der Waals surface area contributed by atoms with Crippen LogP contribution < -0.4 is 5.32 Å². The molecule has 0 aliphatic rings. The van der Waals surface area contributed by atoms with Gasteiger partial charge in [0, 0.05) is 21.7 Å². The van der Waals surface area contributed by atoms with Crippen molar-refractivity contribution >= 4 is 57.7 Å². The lowest BCUT2D eigenvalue weighted by Gasteiger charge is -2.04. The summed E-state index contributed by atoms with van der Waals surface area (Å²) in [6, 6.07) is 12.2. The highest BCUT2D eigenvalue weighted by atomic mass is 35.5. The normalized spacial score (nSPS) is 10.6. The first-order chi connectivity index (χ1) is 11.5. The molecule has 0 spiro atoms. The average molecular weight is 398 g/mol. The summed E-state index contributed by atoms with van der Waals surface area (Å²) in [5, 5.41) is 7.02. The topological polar surface area (TPSA) is 42.0 Å². The van der Waals surface area contributed by atoms with E-state index in [9.17, 15) is 4.79 Å². The Balaban J connectivity index is 1.72. The van der Waals surface area contributed by atoms with E-state index in [0.717, 1.165) is 0 Å². The molecule has 3 nitrogen and oxygen atoms in total. The summed E-state index contributed by atoms with van der Waals surface area (Å²) in [6.45, 7) is 0. The summed E-state index contributed by atoms with van der Waals surface area (Å²) in [5.74, 6) is -0.153. The lowest BCUT2D eigenvalue weighted by atomic mass is 10.2. The van der Waals surface area contributed by atoms with Crippen LogP contribution in [-0.2, 0) is 11.2 Å². The third-order valence-corrected chi connectivity index (χ3v) is 4.99. The van der Waals surface area contributed by atoms with Crippen molar-refractivity contribution in [1.29, 1.82) is 0 Å². The van der Waals surface area contributed by atoms with Crippen molar-refractivity contribution in [2.75, 3.05) is 5.32 Å². The molecule has 3 rings (SSSR count). The third-order valence-electron chi connectivity index (χ3n) is 3.20. The minimum atomic E-state index is -0.153. The first-order valence-corrected chi connectivity index (χ1v) is 8.98. The van der Waals surface area contributed by atoms with E-state index >= 15 is 0 Å². The highest BCUT2D eigenvalue weighted by Gasteiger charge is 2.14. The van der Waals surface area contributed by atoms with Crippen LogP contribution in [0.4, 0.5) is 5.69 Å². The first-order valence-electron chi connectivity index (χ1n) is 6.97. The number of nitrogens with one attached hydrogen (secondary N) is 1. The number of hydrogen-bond donors (Lipinski definition) is 1. The zero-order valence-electron chi connectivity index (χ0n) is 12.2. The average Bonchev–Trinajstić information content (AvgIpc) is 2.97. The quantitative estimate of drug-likeness (QED) is 0.591. The molecule has 24 heavy (non-hydrogen) atoms. The molecule has 1 heterocycles. The fourth-order valence-electron chi connectivity index (χ4n) is 2.11. The van der Waals surface area contributed by atoms with Gasteiger partial charge in [-0.3, -0.25) is 4.79 Å². The van der Waals surface area contributed by atoms with Gasteiger partial charge in [0.25, 0.3) is 0 Å². The predicted octanol–water partition coefficient (Wildman–Crippen LogP) is 5.95. The Kier molecular flexibility index (Phi) is 5.41. The smallest absolute Gasteiger partial charge is 0.230 e. The van der Waals surface area contributed by atoms with Gasteiger partial charge in [-0.25, -0.2) is 4.98 Å². The molecule has 0 fully saturated rings. The van der Waals surface area contributed by atoms with E-state index in [-0.39, 0.29) is 12.3 Å². The van der Waals surface area contributed by atoms with Crippen LogP contribution in [0.3, 0.4) is 0 Å². The van der Waals surface area contributed by atoms with Crippen molar-refractivity contribution in [3.63, 3.8) is 0 Å². The van der Waals surface area contributed by atoms with Gasteiger partial charge in [0.15, 0.2) is 0 Å². The van der Waals surface area contributed by atoms with E-state index in [1.165, 1.54) is 11.3 Å². The Morgan fingerprint density at radius 1 is 1.04 bits per heavy atom. The van der Waals surface area contributed by atoms with E-state index in [1.807, 2.05) is 5.38 Å². The second-order valence-electron chi connectivity index (χ2n) is 4.97. The van der Waals surface area contributed by atoms with Crippen LogP contribution in [0.5, 0.6) is 0 Å². The number of amides is 1. The van der Waals surface area contributed by atoms with E-state index in [2.05, 4.69) is 10.3 Å². The molecule has 3 aromatic rings. The predicted molar refractivity (Wildman–Crippen MR) is 101 cm³/mol. The van der Waals surface area contributed by atoms with Gasteiger partial charge in [0.1, 0.15) is 5.01 Å². The largest absolute Gasteiger partial charge is 0.326 e. The molecule has 0 unspecified atom stereocenters. The number of nitrogens with zero attached hydrogens (tertiary/aromatic N) is 1. The Morgan fingerprint density at radius 2 is 1.71 bits per heavy atom. The first kappa shape index (κ1) is 17.2. The molecule has 0 aliphatic heterocycles. The number of rotatable bonds is 4. The maximum Gasteiger partial charge on any atom is 0.230 e. The monoisotopic (exact) mass is 396 g/mol. The minimum Gasteiger partial charge on any atom is -0.326 e. The number of benzene rings is 2. The van der Waals surface area contributed by atoms with Gasteiger partial charge in [-0.15, -0.1) is 11.3 Å². The molecular formula is C17H11Cl3N2OS. The van der Waals surface area contributed by atoms with Gasteiger partial charge in [-0.1, -0.05) is 40.9 Å². The van der Waals surface area contributed by atoms with E-state index in [1.54, 1.807) is 42.5 Å². The van der Waals surface area contributed by atoms with Crippen molar-refractivity contribution in [1.82, 2.24) is 4.98 Å². The number of halogens is 3. The van der Waals surface area contributed by atoms with Crippen LogP contribution in [0.2, 0.25) is 15.1 Å². The van der Waals surface area contributed by atoms with Gasteiger partial charge < -0.3 is 5.32 Å². The van der Waals surface area contributed by atoms with Crippen molar-refractivity contribution in [3.05, 3.63) is 68.6 Å². The van der Waals surface area contributed by atoms with Crippen molar-refractivity contribution < 1.29 is 4.79 Å². The highest BCUT2D eigenvalue weighted by Crippen LogP contribution is 2.36. The van der Waals surface area contributed by atoms with E-state index in [0.29, 0.717) is 37.0 Å². The van der Waals surface area contributed by atoms with Crippen LogP contribution in [0, 0.1) is 0 Å². The van der Waals surface area contributed by atoms with E-state index in [4.69, 9.17) is 34.8 Å². The van der Waals surface area contributed by atoms with Gasteiger partial charge >= 0.3 is 0 Å². The van der Waals surface area contributed by atoms with Crippen LogP contribution in [0.1, 0.15) is 5.69 Å². The van der Waals surface area contributed by atoms with Gasteiger partial charge in [0.2, 0.25) is 5.91 Å². The standard InChI is InChI=1S/C17H11Cl3N2OS/c18-10-4-6-11(7-5-10)21-15(23)8-12-9-24-17(22-12)16-13(19)2-1-3-14(16)20/h1-7,9H,8H2,(H,21,23). The summed E-state index contributed by atoms with van der Waals surface area (Å²) in [6.07, 6.45) is 0.168. The molecule has 0 saturated heterocycles. The van der Waals surface area contributed by atoms with Gasteiger partial charge in [0.05, 0.1) is 22.2 Å². The van der Waals surface area contributed by atoms with Gasteiger partial charge in [-0.05, 0) is 36.4 Å². The summed E-state index contributed by atoms with van der Waals surface area (Å²) in [5.41, 5.74) is 2.04. The Morgan fingerprint density at radius 3 is 2.38 bits per heavy atom. The maximum atomic E-state index is 12.1. The Hall–Kier alpha value is -1.59. The summed E-state index contributed by atoms with van der Waals surface area (Å²) < 4.78 is 0. The summed E-state index contributed by atoms with van der Waals surface area (Å²) in [7, 11) is 0. The molecule has 0 radical (unpaired) electrons. The second-order valence-corrected chi connectivity index (χ2v) is 7.08. The lowest BCUT2D eigenvalue weighted by Crippen LogP contribution is -2.14. The molecule has 1 N–H and O–H groups in total. The molecule has 0 aliphatic carbocycles.